The maximum Gasteiger partial charge on any atom is 0.249 e. The average molecular weight is 342 g/mol. The van der Waals surface area contributed by atoms with Crippen molar-refractivity contribution in [3.63, 3.8) is 0 Å². The van der Waals surface area contributed by atoms with Crippen LogP contribution in [0.15, 0.2) is 41.8 Å². The number of carbonyl (C=O) groups is 1. The van der Waals surface area contributed by atoms with E-state index < -0.39 is 0 Å². The van der Waals surface area contributed by atoms with Crippen LogP contribution in [0.2, 0.25) is 0 Å². The molecule has 0 radical (unpaired) electrons. The van der Waals surface area contributed by atoms with Gasteiger partial charge in [-0.15, -0.1) is 11.3 Å². The molecule has 2 aliphatic heterocycles. The number of likely N-dealkylation sites (tertiary alicyclic amines) is 1. The standard InChI is InChI=1S/C19H22N2O2S/c20-18(22)15-10-16(24-12-15)11-21-13-19(6-8-23-9-7-19)17(21)14-4-2-1-3-5-14/h1-5,10,12,17H,6-9,11,13H2,(H2,20,22). The number of nitrogens with two attached hydrogens (primary N) is 1. The molecule has 0 aliphatic carbocycles. The van der Waals surface area contributed by atoms with Gasteiger partial charge in [-0.1, -0.05) is 30.3 Å². The molecular formula is C19H22N2O2S. The topological polar surface area (TPSA) is 55.6 Å². The molecule has 3 heterocycles. The van der Waals surface area contributed by atoms with E-state index in [0.717, 1.165) is 39.1 Å². The summed E-state index contributed by atoms with van der Waals surface area (Å²) in [6.45, 7) is 3.70. The lowest BCUT2D eigenvalue weighted by Gasteiger charge is -2.59. The number of hydrogen-bond acceptors (Lipinski definition) is 4. The highest BCUT2D eigenvalue weighted by Gasteiger charge is 2.53. The Morgan fingerprint density at radius 2 is 2.04 bits per heavy atom. The van der Waals surface area contributed by atoms with Crippen LogP contribution in [0, 0.1) is 5.41 Å². The number of rotatable bonds is 4. The molecule has 0 saturated carbocycles. The van der Waals surface area contributed by atoms with Gasteiger partial charge in [0.2, 0.25) is 5.91 Å². The summed E-state index contributed by atoms with van der Waals surface area (Å²) in [5.74, 6) is -0.346. The first-order chi connectivity index (χ1) is 11.7. The van der Waals surface area contributed by atoms with Crippen molar-refractivity contribution < 1.29 is 9.53 Å². The van der Waals surface area contributed by atoms with E-state index >= 15 is 0 Å². The molecule has 1 amide bonds. The molecule has 2 fully saturated rings. The fourth-order valence-electron chi connectivity index (χ4n) is 4.21. The maximum atomic E-state index is 11.3. The van der Waals surface area contributed by atoms with Gasteiger partial charge in [0.15, 0.2) is 0 Å². The van der Waals surface area contributed by atoms with Crippen LogP contribution in [0.1, 0.15) is 39.7 Å². The average Bonchev–Trinajstić information content (AvgIpc) is 3.05. The molecule has 2 N–H and O–H groups in total. The zero-order valence-corrected chi connectivity index (χ0v) is 14.4. The van der Waals surface area contributed by atoms with Crippen LogP contribution < -0.4 is 5.73 Å². The largest absolute Gasteiger partial charge is 0.381 e. The molecule has 1 spiro atoms. The van der Waals surface area contributed by atoms with E-state index in [1.165, 1.54) is 10.4 Å². The summed E-state index contributed by atoms with van der Waals surface area (Å²) in [6.07, 6.45) is 2.25. The summed E-state index contributed by atoms with van der Waals surface area (Å²) in [5.41, 5.74) is 7.72. The predicted octanol–water partition coefficient (Wildman–Crippen LogP) is 3.20. The summed E-state index contributed by atoms with van der Waals surface area (Å²) in [4.78, 5) is 15.0. The Hall–Kier alpha value is -1.69. The van der Waals surface area contributed by atoms with Crippen LogP contribution in [0.4, 0.5) is 0 Å². The summed E-state index contributed by atoms with van der Waals surface area (Å²) in [5, 5.41) is 1.86. The molecule has 1 unspecified atom stereocenters. The fraction of sp³-hybridized carbons (Fsp3) is 0.421. The third kappa shape index (κ3) is 2.77. The zero-order chi connectivity index (χ0) is 16.6. The van der Waals surface area contributed by atoms with Crippen molar-refractivity contribution in [3.8, 4) is 0 Å². The lowest BCUT2D eigenvalue weighted by atomic mass is 9.64. The van der Waals surface area contributed by atoms with Gasteiger partial charge < -0.3 is 10.5 Å². The number of primary amides is 1. The van der Waals surface area contributed by atoms with E-state index in [1.807, 2.05) is 11.4 Å². The van der Waals surface area contributed by atoms with E-state index in [2.05, 4.69) is 35.2 Å². The van der Waals surface area contributed by atoms with E-state index in [0.29, 0.717) is 17.0 Å². The molecule has 126 valence electrons. The lowest BCUT2D eigenvalue weighted by Crippen LogP contribution is -2.59. The molecule has 1 aromatic heterocycles. The molecule has 2 aliphatic rings. The number of ether oxygens (including phenoxy) is 1. The van der Waals surface area contributed by atoms with Gasteiger partial charge in [0.25, 0.3) is 0 Å². The number of thiophene rings is 1. The summed E-state index contributed by atoms with van der Waals surface area (Å²) in [7, 11) is 0. The van der Waals surface area contributed by atoms with Crippen molar-refractivity contribution in [3.05, 3.63) is 57.8 Å². The van der Waals surface area contributed by atoms with E-state index in [-0.39, 0.29) is 5.91 Å². The molecule has 4 rings (SSSR count). The van der Waals surface area contributed by atoms with Gasteiger partial charge in [0.05, 0.1) is 5.56 Å². The van der Waals surface area contributed by atoms with Crippen molar-refractivity contribution in [2.24, 2.45) is 11.1 Å². The first-order valence-corrected chi connectivity index (χ1v) is 9.30. The Bertz CT molecular complexity index is 722. The van der Waals surface area contributed by atoms with Gasteiger partial charge in [0, 0.05) is 48.0 Å². The van der Waals surface area contributed by atoms with Crippen molar-refractivity contribution in [2.45, 2.75) is 25.4 Å². The normalized spacial score (nSPS) is 23.1. The van der Waals surface area contributed by atoms with E-state index in [1.54, 1.807) is 11.3 Å². The first kappa shape index (κ1) is 15.8. The predicted molar refractivity (Wildman–Crippen MR) is 94.9 cm³/mol. The number of benzene rings is 1. The minimum Gasteiger partial charge on any atom is -0.381 e. The van der Waals surface area contributed by atoms with Crippen LogP contribution in [0.25, 0.3) is 0 Å². The van der Waals surface area contributed by atoms with Gasteiger partial charge >= 0.3 is 0 Å². The van der Waals surface area contributed by atoms with E-state index in [4.69, 9.17) is 10.5 Å². The van der Waals surface area contributed by atoms with Crippen LogP contribution in [-0.2, 0) is 11.3 Å². The Kier molecular flexibility index (Phi) is 4.16. The highest BCUT2D eigenvalue weighted by atomic mass is 32.1. The third-order valence-corrected chi connectivity index (χ3v) is 6.29. The second kappa shape index (κ2) is 6.31. The van der Waals surface area contributed by atoms with Gasteiger partial charge in [-0.05, 0) is 24.5 Å². The Morgan fingerprint density at radius 1 is 1.29 bits per heavy atom. The summed E-state index contributed by atoms with van der Waals surface area (Å²) >= 11 is 1.62. The number of nitrogens with zero attached hydrogens (tertiary/aromatic N) is 1. The highest BCUT2D eigenvalue weighted by Crippen LogP contribution is 2.55. The van der Waals surface area contributed by atoms with Gasteiger partial charge in [-0.3, -0.25) is 9.69 Å². The van der Waals surface area contributed by atoms with Crippen molar-refractivity contribution in [1.82, 2.24) is 4.90 Å². The SMILES string of the molecule is NC(=O)c1csc(CN2CC3(CCOCC3)C2c2ccccc2)c1. The maximum absolute atomic E-state index is 11.3. The number of amides is 1. The van der Waals surface area contributed by atoms with Crippen molar-refractivity contribution in [1.29, 1.82) is 0 Å². The van der Waals surface area contributed by atoms with Crippen molar-refractivity contribution >= 4 is 17.2 Å². The van der Waals surface area contributed by atoms with E-state index in [9.17, 15) is 4.79 Å². The molecule has 2 aromatic rings. The molecule has 1 aromatic carbocycles. The molecule has 1 atom stereocenters. The van der Waals surface area contributed by atoms with Crippen LogP contribution in [-0.4, -0.2) is 30.6 Å². The third-order valence-electron chi connectivity index (χ3n) is 5.36. The molecule has 5 heteroatoms. The Labute approximate surface area is 146 Å². The van der Waals surface area contributed by atoms with Crippen LogP contribution >= 0.6 is 11.3 Å². The second-order valence-corrected chi connectivity index (χ2v) is 7.85. The lowest BCUT2D eigenvalue weighted by molar-refractivity contribution is -0.138. The molecule has 4 nitrogen and oxygen atoms in total. The van der Waals surface area contributed by atoms with Gasteiger partial charge in [-0.25, -0.2) is 0 Å². The molecule has 0 bridgehead atoms. The highest BCUT2D eigenvalue weighted by molar-refractivity contribution is 7.10. The summed E-state index contributed by atoms with van der Waals surface area (Å²) in [6, 6.07) is 13.1. The monoisotopic (exact) mass is 342 g/mol. The van der Waals surface area contributed by atoms with Gasteiger partial charge in [0.1, 0.15) is 0 Å². The van der Waals surface area contributed by atoms with Crippen molar-refractivity contribution in [2.75, 3.05) is 19.8 Å². The first-order valence-electron chi connectivity index (χ1n) is 8.42. The van der Waals surface area contributed by atoms with Crippen LogP contribution in [0.3, 0.4) is 0 Å². The zero-order valence-electron chi connectivity index (χ0n) is 13.6. The minimum absolute atomic E-state index is 0.337. The quantitative estimate of drug-likeness (QED) is 0.928. The Morgan fingerprint density at radius 3 is 2.71 bits per heavy atom. The molecule has 24 heavy (non-hydrogen) atoms. The smallest absolute Gasteiger partial charge is 0.249 e. The number of carbonyl (C=O) groups excluding carboxylic acids is 1. The molecule has 2 saturated heterocycles. The second-order valence-electron chi connectivity index (χ2n) is 6.86. The summed E-state index contributed by atoms with van der Waals surface area (Å²) < 4.78 is 5.60. The van der Waals surface area contributed by atoms with Crippen LogP contribution in [0.5, 0.6) is 0 Å². The number of hydrogen-bond donors (Lipinski definition) is 1. The molecular weight excluding hydrogens is 320 g/mol. The Balaban J connectivity index is 1.57. The minimum atomic E-state index is -0.346. The van der Waals surface area contributed by atoms with Gasteiger partial charge in [-0.2, -0.15) is 0 Å². The fourth-order valence-corrected chi connectivity index (χ4v) is 5.10.